The Morgan fingerprint density at radius 2 is 2.33 bits per heavy atom. The first-order chi connectivity index (χ1) is 5.79. The predicted octanol–water partition coefficient (Wildman–Crippen LogP) is 0.217. The second-order valence-corrected chi connectivity index (χ2v) is 3.90. The first-order valence-electron chi connectivity index (χ1n) is 4.77. The Bertz CT molecular complexity index is 193. The Morgan fingerprint density at radius 3 is 2.83 bits per heavy atom. The van der Waals surface area contributed by atoms with E-state index in [2.05, 4.69) is 17.3 Å². The minimum atomic E-state index is 0.258. The SMILES string of the molecule is CN1CCCCC1C1CNC1=O. The zero-order valence-corrected chi connectivity index (χ0v) is 7.55. The maximum Gasteiger partial charge on any atom is 0.226 e. The normalized spacial score (nSPS) is 37.2. The van der Waals surface area contributed by atoms with E-state index in [1.165, 1.54) is 19.3 Å². The molecule has 2 saturated heterocycles. The third-order valence-electron chi connectivity index (χ3n) is 3.12. The van der Waals surface area contributed by atoms with Crippen molar-refractivity contribution in [1.29, 1.82) is 0 Å². The van der Waals surface area contributed by atoms with Crippen LogP contribution in [0.2, 0.25) is 0 Å². The second-order valence-electron chi connectivity index (χ2n) is 3.90. The van der Waals surface area contributed by atoms with E-state index in [9.17, 15) is 4.79 Å². The molecule has 1 amide bonds. The average molecular weight is 168 g/mol. The van der Waals surface area contributed by atoms with Gasteiger partial charge in [0.25, 0.3) is 0 Å². The Balaban J connectivity index is 1.96. The van der Waals surface area contributed by atoms with Crippen molar-refractivity contribution in [2.75, 3.05) is 20.1 Å². The van der Waals surface area contributed by atoms with Crippen LogP contribution < -0.4 is 5.32 Å². The van der Waals surface area contributed by atoms with Crippen molar-refractivity contribution in [3.63, 3.8) is 0 Å². The number of carbonyl (C=O) groups is 1. The standard InChI is InChI=1S/C9H16N2O/c1-11-5-3-2-4-8(11)7-6-10-9(7)12/h7-8H,2-6H2,1H3,(H,10,12). The molecule has 2 fully saturated rings. The van der Waals surface area contributed by atoms with Crippen LogP contribution in [0.5, 0.6) is 0 Å². The number of nitrogens with zero attached hydrogens (tertiary/aromatic N) is 1. The third kappa shape index (κ3) is 1.22. The van der Waals surface area contributed by atoms with Crippen LogP contribution in [-0.4, -0.2) is 37.0 Å². The fourth-order valence-corrected chi connectivity index (χ4v) is 2.22. The fourth-order valence-electron chi connectivity index (χ4n) is 2.22. The third-order valence-corrected chi connectivity index (χ3v) is 3.12. The molecule has 0 saturated carbocycles. The molecule has 0 aromatic heterocycles. The van der Waals surface area contributed by atoms with E-state index < -0.39 is 0 Å². The molecular weight excluding hydrogens is 152 g/mol. The topological polar surface area (TPSA) is 32.3 Å². The summed E-state index contributed by atoms with van der Waals surface area (Å²) in [5, 5.41) is 2.81. The van der Waals surface area contributed by atoms with E-state index in [0.29, 0.717) is 6.04 Å². The Morgan fingerprint density at radius 1 is 1.50 bits per heavy atom. The van der Waals surface area contributed by atoms with Crippen molar-refractivity contribution < 1.29 is 4.79 Å². The number of hydrogen-bond donors (Lipinski definition) is 1. The number of rotatable bonds is 1. The minimum absolute atomic E-state index is 0.258. The van der Waals surface area contributed by atoms with Gasteiger partial charge in [-0.1, -0.05) is 6.42 Å². The zero-order chi connectivity index (χ0) is 8.55. The highest BCUT2D eigenvalue weighted by molar-refractivity contribution is 5.85. The van der Waals surface area contributed by atoms with Crippen molar-refractivity contribution in [1.82, 2.24) is 10.2 Å². The maximum atomic E-state index is 11.1. The van der Waals surface area contributed by atoms with Gasteiger partial charge < -0.3 is 10.2 Å². The lowest BCUT2D eigenvalue weighted by atomic mass is 9.86. The van der Waals surface area contributed by atoms with Crippen molar-refractivity contribution in [3.05, 3.63) is 0 Å². The second kappa shape index (κ2) is 3.05. The van der Waals surface area contributed by atoms with Crippen LogP contribution in [0.4, 0.5) is 0 Å². The lowest BCUT2D eigenvalue weighted by molar-refractivity contribution is -0.134. The summed E-state index contributed by atoms with van der Waals surface area (Å²) in [7, 11) is 2.13. The molecule has 68 valence electrons. The first kappa shape index (κ1) is 8.05. The summed E-state index contributed by atoms with van der Waals surface area (Å²) >= 11 is 0. The van der Waals surface area contributed by atoms with Crippen molar-refractivity contribution >= 4 is 5.91 Å². The van der Waals surface area contributed by atoms with Gasteiger partial charge in [-0.15, -0.1) is 0 Å². The lowest BCUT2D eigenvalue weighted by Crippen LogP contribution is -2.58. The van der Waals surface area contributed by atoms with Gasteiger partial charge >= 0.3 is 0 Å². The molecule has 2 unspecified atom stereocenters. The Labute approximate surface area is 73.1 Å². The number of carbonyl (C=O) groups excluding carboxylic acids is 1. The molecule has 1 N–H and O–H groups in total. The van der Waals surface area contributed by atoms with Crippen LogP contribution in [0.15, 0.2) is 0 Å². The summed E-state index contributed by atoms with van der Waals surface area (Å²) < 4.78 is 0. The van der Waals surface area contributed by atoms with Crippen LogP contribution in [0.3, 0.4) is 0 Å². The van der Waals surface area contributed by atoms with Gasteiger partial charge in [0.2, 0.25) is 5.91 Å². The molecule has 0 radical (unpaired) electrons. The summed E-state index contributed by atoms with van der Waals surface area (Å²) in [5.41, 5.74) is 0. The molecule has 0 bridgehead atoms. The predicted molar refractivity (Wildman–Crippen MR) is 46.8 cm³/mol. The fraction of sp³-hybridized carbons (Fsp3) is 0.889. The van der Waals surface area contributed by atoms with Crippen LogP contribution in [0, 0.1) is 5.92 Å². The summed E-state index contributed by atoms with van der Waals surface area (Å²) in [6.07, 6.45) is 3.79. The summed E-state index contributed by atoms with van der Waals surface area (Å²) in [6.45, 7) is 2.06. The van der Waals surface area contributed by atoms with Gasteiger partial charge in [0.1, 0.15) is 0 Å². The van der Waals surface area contributed by atoms with Gasteiger partial charge in [0, 0.05) is 12.6 Å². The van der Waals surface area contributed by atoms with Crippen LogP contribution >= 0.6 is 0 Å². The summed E-state index contributed by atoms with van der Waals surface area (Å²) in [6, 6.07) is 0.521. The molecule has 3 heteroatoms. The van der Waals surface area contributed by atoms with Gasteiger partial charge in [-0.2, -0.15) is 0 Å². The Hall–Kier alpha value is -0.570. The van der Waals surface area contributed by atoms with Gasteiger partial charge in [0.15, 0.2) is 0 Å². The first-order valence-corrected chi connectivity index (χ1v) is 4.77. The van der Waals surface area contributed by atoms with Gasteiger partial charge in [-0.05, 0) is 26.4 Å². The average Bonchev–Trinajstić information content (AvgIpc) is 2.06. The van der Waals surface area contributed by atoms with E-state index in [-0.39, 0.29) is 11.8 Å². The summed E-state index contributed by atoms with van der Waals surface area (Å²) in [5.74, 6) is 0.545. The Kier molecular flexibility index (Phi) is 2.05. The monoisotopic (exact) mass is 168 g/mol. The van der Waals surface area contributed by atoms with Crippen molar-refractivity contribution in [3.8, 4) is 0 Å². The quantitative estimate of drug-likeness (QED) is 0.568. The van der Waals surface area contributed by atoms with Crippen LogP contribution in [0.25, 0.3) is 0 Å². The van der Waals surface area contributed by atoms with Gasteiger partial charge in [-0.25, -0.2) is 0 Å². The molecule has 0 spiro atoms. The van der Waals surface area contributed by atoms with E-state index in [1.807, 2.05) is 0 Å². The van der Waals surface area contributed by atoms with Crippen LogP contribution in [-0.2, 0) is 4.79 Å². The maximum absolute atomic E-state index is 11.1. The molecule has 12 heavy (non-hydrogen) atoms. The highest BCUT2D eigenvalue weighted by Gasteiger charge is 2.37. The summed E-state index contributed by atoms with van der Waals surface area (Å²) in [4.78, 5) is 13.5. The molecular formula is C9H16N2O. The number of amides is 1. The van der Waals surface area contributed by atoms with Gasteiger partial charge in [0.05, 0.1) is 5.92 Å². The zero-order valence-electron chi connectivity index (χ0n) is 7.55. The molecule has 2 aliphatic rings. The van der Waals surface area contributed by atoms with E-state index in [0.717, 1.165) is 13.1 Å². The molecule has 0 aromatic carbocycles. The largest absolute Gasteiger partial charge is 0.355 e. The van der Waals surface area contributed by atoms with Crippen molar-refractivity contribution in [2.24, 2.45) is 5.92 Å². The van der Waals surface area contributed by atoms with E-state index in [4.69, 9.17) is 0 Å². The molecule has 0 aromatic rings. The lowest BCUT2D eigenvalue weighted by Gasteiger charge is -2.41. The number of likely N-dealkylation sites (tertiary alicyclic amines) is 1. The molecule has 2 heterocycles. The van der Waals surface area contributed by atoms with Crippen LogP contribution in [0.1, 0.15) is 19.3 Å². The smallest absolute Gasteiger partial charge is 0.226 e. The number of β-lactam (4-membered cyclic amide) rings is 1. The number of nitrogens with one attached hydrogen (secondary N) is 1. The molecule has 2 aliphatic heterocycles. The molecule has 2 atom stereocenters. The van der Waals surface area contributed by atoms with E-state index in [1.54, 1.807) is 0 Å². The molecule has 0 aliphatic carbocycles. The minimum Gasteiger partial charge on any atom is -0.355 e. The number of piperidine rings is 1. The van der Waals surface area contributed by atoms with E-state index >= 15 is 0 Å². The highest BCUT2D eigenvalue weighted by Crippen LogP contribution is 2.24. The molecule has 2 rings (SSSR count). The number of hydrogen-bond acceptors (Lipinski definition) is 2. The van der Waals surface area contributed by atoms with Crippen molar-refractivity contribution in [2.45, 2.75) is 25.3 Å². The van der Waals surface area contributed by atoms with Gasteiger partial charge in [-0.3, -0.25) is 4.79 Å². The highest BCUT2D eigenvalue weighted by atomic mass is 16.2. The molecule has 3 nitrogen and oxygen atoms in total.